The lowest BCUT2D eigenvalue weighted by Gasteiger charge is -1.86. The first-order chi connectivity index (χ1) is 7.31. The van der Waals surface area contributed by atoms with Gasteiger partial charge in [0, 0.05) is 6.08 Å². The van der Waals surface area contributed by atoms with E-state index in [1.165, 1.54) is 18.2 Å². The summed E-state index contributed by atoms with van der Waals surface area (Å²) < 4.78 is 4.33. The van der Waals surface area contributed by atoms with Crippen molar-refractivity contribution >= 4 is 5.97 Å². The largest absolute Gasteiger partial charge is 0.432 e. The van der Waals surface area contributed by atoms with Gasteiger partial charge >= 0.3 is 5.97 Å². The Hall–Kier alpha value is -2.09. The first-order valence-corrected chi connectivity index (χ1v) is 4.42. The van der Waals surface area contributed by atoms with E-state index < -0.39 is 5.97 Å². The molecule has 0 radical (unpaired) electrons. The molecule has 0 saturated carbocycles. The van der Waals surface area contributed by atoms with Gasteiger partial charge in [0.2, 0.25) is 0 Å². The molecule has 0 atom stereocenters. The summed E-state index contributed by atoms with van der Waals surface area (Å²) in [6, 6.07) is 12.0. The lowest BCUT2D eigenvalue weighted by atomic mass is 10.4. The predicted molar refractivity (Wildman–Crippen MR) is 62.1 cm³/mol. The highest BCUT2D eigenvalue weighted by Crippen LogP contribution is 1.81. The molecule has 78 valence electrons. The Labute approximate surface area is 90.2 Å². The molecule has 1 aromatic carbocycles. The Morgan fingerprint density at radius 2 is 1.47 bits per heavy atom. The standard InChI is InChI=1S/C7H8O2.C6H6/c1-3-5-6-7(8)9-4-2;1-2-4-6-5-3-1/h3-6H,1-2H2;1-6H. The van der Waals surface area contributed by atoms with Crippen molar-refractivity contribution in [2.75, 3.05) is 0 Å². The van der Waals surface area contributed by atoms with Crippen LogP contribution < -0.4 is 0 Å². The van der Waals surface area contributed by atoms with Crippen LogP contribution in [-0.2, 0) is 9.53 Å². The zero-order chi connectivity index (χ0) is 11.4. The zero-order valence-corrected chi connectivity index (χ0v) is 8.50. The Morgan fingerprint density at radius 3 is 1.80 bits per heavy atom. The number of hydrogen-bond donors (Lipinski definition) is 0. The van der Waals surface area contributed by atoms with Gasteiger partial charge in [0.15, 0.2) is 0 Å². The Bertz CT molecular complexity index is 286. The number of rotatable bonds is 3. The summed E-state index contributed by atoms with van der Waals surface area (Å²) in [6.45, 7) is 6.58. The predicted octanol–water partition coefficient (Wildman–Crippen LogP) is 3.10. The molecule has 0 bridgehead atoms. The fourth-order valence-corrected chi connectivity index (χ4v) is 0.653. The summed E-state index contributed by atoms with van der Waals surface area (Å²) in [5, 5.41) is 0. The van der Waals surface area contributed by atoms with Crippen molar-refractivity contribution in [3.8, 4) is 0 Å². The maximum atomic E-state index is 10.4. The van der Waals surface area contributed by atoms with Gasteiger partial charge in [-0.3, -0.25) is 0 Å². The van der Waals surface area contributed by atoms with Crippen molar-refractivity contribution in [1.82, 2.24) is 0 Å². The molecule has 2 heteroatoms. The lowest BCUT2D eigenvalue weighted by Crippen LogP contribution is -1.91. The minimum Gasteiger partial charge on any atom is -0.432 e. The zero-order valence-electron chi connectivity index (χ0n) is 8.50. The van der Waals surface area contributed by atoms with Crippen molar-refractivity contribution in [1.29, 1.82) is 0 Å². The fraction of sp³-hybridized carbons (Fsp3) is 0. The van der Waals surface area contributed by atoms with E-state index in [9.17, 15) is 4.79 Å². The highest BCUT2D eigenvalue weighted by atomic mass is 16.5. The van der Waals surface area contributed by atoms with E-state index in [0.29, 0.717) is 0 Å². The maximum Gasteiger partial charge on any atom is 0.335 e. The number of esters is 1. The number of carbonyl (C=O) groups excluding carboxylic acids is 1. The average Bonchev–Trinajstić information content (AvgIpc) is 2.30. The fourth-order valence-electron chi connectivity index (χ4n) is 0.653. The minimum atomic E-state index is -0.440. The van der Waals surface area contributed by atoms with Crippen LogP contribution in [0.1, 0.15) is 0 Å². The van der Waals surface area contributed by atoms with Crippen molar-refractivity contribution < 1.29 is 9.53 Å². The molecule has 1 aromatic rings. The number of hydrogen-bond acceptors (Lipinski definition) is 2. The molecule has 0 fully saturated rings. The summed E-state index contributed by atoms with van der Waals surface area (Å²) in [5.41, 5.74) is 0. The van der Waals surface area contributed by atoms with E-state index in [1.807, 2.05) is 36.4 Å². The monoisotopic (exact) mass is 202 g/mol. The smallest absolute Gasteiger partial charge is 0.335 e. The maximum absolute atomic E-state index is 10.4. The number of allylic oxidation sites excluding steroid dienone is 2. The van der Waals surface area contributed by atoms with Gasteiger partial charge in [-0.15, -0.1) is 0 Å². The van der Waals surface area contributed by atoms with Crippen LogP contribution >= 0.6 is 0 Å². The second-order valence-corrected chi connectivity index (χ2v) is 2.35. The SMILES string of the molecule is C=CC=CC(=O)OC=C.c1ccccc1. The summed E-state index contributed by atoms with van der Waals surface area (Å²) in [7, 11) is 0. The topological polar surface area (TPSA) is 26.3 Å². The average molecular weight is 202 g/mol. The van der Waals surface area contributed by atoms with Gasteiger partial charge in [-0.25, -0.2) is 4.79 Å². The van der Waals surface area contributed by atoms with Gasteiger partial charge in [-0.05, 0) is 0 Å². The van der Waals surface area contributed by atoms with Crippen LogP contribution in [0.2, 0.25) is 0 Å². The second kappa shape index (κ2) is 9.99. The Morgan fingerprint density at radius 1 is 1.00 bits per heavy atom. The summed E-state index contributed by atoms with van der Waals surface area (Å²) >= 11 is 0. The van der Waals surface area contributed by atoms with Crippen LogP contribution in [0.5, 0.6) is 0 Å². The van der Waals surface area contributed by atoms with Crippen molar-refractivity contribution in [2.45, 2.75) is 0 Å². The molecule has 0 aliphatic heterocycles. The molecular formula is C13H14O2. The van der Waals surface area contributed by atoms with Crippen molar-refractivity contribution in [3.05, 3.63) is 74.0 Å². The van der Waals surface area contributed by atoms with Gasteiger partial charge in [0.25, 0.3) is 0 Å². The molecule has 0 aliphatic carbocycles. The number of ether oxygens (including phenoxy) is 1. The third kappa shape index (κ3) is 9.83. The quantitative estimate of drug-likeness (QED) is 0.326. The molecule has 0 N–H and O–H groups in total. The molecule has 0 aromatic heterocycles. The number of carbonyl (C=O) groups is 1. The van der Waals surface area contributed by atoms with Crippen molar-refractivity contribution in [2.24, 2.45) is 0 Å². The van der Waals surface area contributed by atoms with Crippen LogP contribution in [0.3, 0.4) is 0 Å². The first-order valence-electron chi connectivity index (χ1n) is 4.42. The van der Waals surface area contributed by atoms with E-state index in [-0.39, 0.29) is 0 Å². The Balaban J connectivity index is 0.000000280. The second-order valence-electron chi connectivity index (χ2n) is 2.35. The van der Waals surface area contributed by atoms with Crippen LogP contribution in [0, 0.1) is 0 Å². The molecule has 0 saturated heterocycles. The molecule has 0 spiro atoms. The van der Waals surface area contributed by atoms with Crippen LogP contribution in [-0.4, -0.2) is 5.97 Å². The Kier molecular flexibility index (Phi) is 8.60. The molecule has 0 aliphatic rings. The minimum absolute atomic E-state index is 0.440. The highest BCUT2D eigenvalue weighted by Gasteiger charge is 1.87. The molecule has 2 nitrogen and oxygen atoms in total. The number of benzene rings is 1. The van der Waals surface area contributed by atoms with Gasteiger partial charge in [-0.2, -0.15) is 0 Å². The van der Waals surface area contributed by atoms with Crippen LogP contribution in [0.25, 0.3) is 0 Å². The van der Waals surface area contributed by atoms with Crippen LogP contribution in [0.15, 0.2) is 74.0 Å². The summed E-state index contributed by atoms with van der Waals surface area (Å²) in [4.78, 5) is 10.4. The first kappa shape index (κ1) is 12.9. The molecule has 15 heavy (non-hydrogen) atoms. The van der Waals surface area contributed by atoms with E-state index >= 15 is 0 Å². The van der Waals surface area contributed by atoms with Crippen LogP contribution in [0.4, 0.5) is 0 Å². The highest BCUT2D eigenvalue weighted by molar-refractivity contribution is 5.82. The van der Waals surface area contributed by atoms with E-state index in [2.05, 4.69) is 17.9 Å². The normalized spacial score (nSPS) is 8.53. The van der Waals surface area contributed by atoms with E-state index in [1.54, 1.807) is 0 Å². The van der Waals surface area contributed by atoms with Gasteiger partial charge in [0.1, 0.15) is 0 Å². The van der Waals surface area contributed by atoms with Gasteiger partial charge in [-0.1, -0.05) is 61.7 Å². The van der Waals surface area contributed by atoms with E-state index in [4.69, 9.17) is 0 Å². The summed E-state index contributed by atoms with van der Waals surface area (Å²) in [6.07, 6.45) is 5.32. The third-order valence-corrected chi connectivity index (χ3v) is 1.23. The molecule has 0 heterocycles. The van der Waals surface area contributed by atoms with E-state index in [0.717, 1.165) is 6.26 Å². The van der Waals surface area contributed by atoms with Crippen molar-refractivity contribution in [3.63, 3.8) is 0 Å². The van der Waals surface area contributed by atoms with Gasteiger partial charge < -0.3 is 4.74 Å². The molecule has 1 rings (SSSR count). The third-order valence-electron chi connectivity index (χ3n) is 1.23. The molecular weight excluding hydrogens is 188 g/mol. The van der Waals surface area contributed by atoms with Gasteiger partial charge in [0.05, 0.1) is 6.26 Å². The summed E-state index contributed by atoms with van der Waals surface area (Å²) in [5.74, 6) is -0.440. The molecule has 0 amide bonds. The lowest BCUT2D eigenvalue weighted by molar-refractivity contribution is -0.132. The molecule has 0 unspecified atom stereocenters.